The summed E-state index contributed by atoms with van der Waals surface area (Å²) in [4.78, 5) is 11.0. The second kappa shape index (κ2) is 5.25. The predicted molar refractivity (Wildman–Crippen MR) is 74.8 cm³/mol. The van der Waals surface area contributed by atoms with Crippen molar-refractivity contribution in [2.45, 2.75) is 24.5 Å². The zero-order chi connectivity index (χ0) is 14.9. The summed E-state index contributed by atoms with van der Waals surface area (Å²) in [6, 6.07) is 1.35. The first kappa shape index (κ1) is 14.5. The van der Waals surface area contributed by atoms with Gasteiger partial charge in [0.25, 0.3) is 10.0 Å². The molecule has 0 aromatic carbocycles. The third-order valence-corrected chi connectivity index (χ3v) is 5.74. The van der Waals surface area contributed by atoms with Gasteiger partial charge in [-0.05, 0) is 25.0 Å². The van der Waals surface area contributed by atoms with Gasteiger partial charge in [0.15, 0.2) is 0 Å². The lowest BCUT2D eigenvalue weighted by molar-refractivity contribution is 0.0701. The molecule has 7 nitrogen and oxygen atoms in total. The third-order valence-electron chi connectivity index (χ3n) is 2.69. The Morgan fingerprint density at radius 3 is 2.80 bits per heavy atom. The number of carboxylic acid groups (broad SMARTS) is 1. The lowest BCUT2D eigenvalue weighted by Gasteiger charge is -2.05. The van der Waals surface area contributed by atoms with Crippen LogP contribution in [0.3, 0.4) is 0 Å². The number of hydrogen-bond donors (Lipinski definition) is 3. The van der Waals surface area contributed by atoms with Crippen molar-refractivity contribution in [2.75, 3.05) is 4.72 Å². The number of thiophene rings is 1. The van der Waals surface area contributed by atoms with E-state index in [1.165, 1.54) is 6.07 Å². The molecule has 3 N–H and O–H groups in total. The number of hydrogen-bond acceptors (Lipinski definition) is 5. The van der Waals surface area contributed by atoms with Crippen LogP contribution in [0.1, 0.15) is 27.7 Å². The average molecular weight is 315 g/mol. The number of anilines is 1. The molecule has 0 saturated carbocycles. The molecule has 0 radical (unpaired) electrons. The second-order valence-corrected chi connectivity index (χ2v) is 7.07. The van der Waals surface area contributed by atoms with Gasteiger partial charge in [0, 0.05) is 5.56 Å². The van der Waals surface area contributed by atoms with Gasteiger partial charge >= 0.3 is 5.97 Å². The number of sulfonamides is 1. The molecule has 0 saturated heterocycles. The smallest absolute Gasteiger partial charge is 0.346 e. The molecule has 2 aromatic heterocycles. The highest BCUT2D eigenvalue weighted by Crippen LogP contribution is 2.28. The molecule has 2 rings (SSSR count). The Bertz CT molecular complexity index is 746. The summed E-state index contributed by atoms with van der Waals surface area (Å²) >= 11 is 0.726. The molecular formula is C11H13N3O4S2. The molecule has 20 heavy (non-hydrogen) atoms. The van der Waals surface area contributed by atoms with Crippen LogP contribution in [0, 0.1) is 6.92 Å². The van der Waals surface area contributed by atoms with Gasteiger partial charge in [-0.15, -0.1) is 11.3 Å². The quantitative estimate of drug-likeness (QED) is 0.779. The maximum Gasteiger partial charge on any atom is 0.346 e. The number of nitrogens with one attached hydrogen (secondary N) is 2. The fourth-order valence-electron chi connectivity index (χ4n) is 1.65. The summed E-state index contributed by atoms with van der Waals surface area (Å²) in [5.41, 5.74) is 1.16. The van der Waals surface area contributed by atoms with Crippen LogP contribution in [-0.4, -0.2) is 29.7 Å². The Labute approximate surface area is 119 Å². The summed E-state index contributed by atoms with van der Waals surface area (Å²) in [5, 5.41) is 15.3. The molecule has 0 aliphatic heterocycles. The van der Waals surface area contributed by atoms with E-state index in [1.807, 2.05) is 6.92 Å². The summed E-state index contributed by atoms with van der Waals surface area (Å²) in [7, 11) is -3.82. The minimum atomic E-state index is -3.82. The van der Waals surface area contributed by atoms with Gasteiger partial charge < -0.3 is 5.11 Å². The van der Waals surface area contributed by atoms with Crippen LogP contribution in [0.2, 0.25) is 0 Å². The number of nitrogens with zero attached hydrogens (tertiary/aromatic N) is 1. The Hall–Kier alpha value is -1.87. The van der Waals surface area contributed by atoms with Gasteiger partial charge in [0.1, 0.15) is 14.9 Å². The highest BCUT2D eigenvalue weighted by Gasteiger charge is 2.23. The monoisotopic (exact) mass is 315 g/mol. The fourth-order valence-corrected chi connectivity index (χ4v) is 4.09. The number of aryl methyl sites for hydroxylation is 2. The van der Waals surface area contributed by atoms with Crippen molar-refractivity contribution in [1.82, 2.24) is 10.2 Å². The van der Waals surface area contributed by atoms with Crippen LogP contribution in [0.25, 0.3) is 0 Å². The molecule has 0 atom stereocenters. The minimum absolute atomic E-state index is 0.0192. The molecular weight excluding hydrogens is 302 g/mol. The molecule has 108 valence electrons. The van der Waals surface area contributed by atoms with Gasteiger partial charge in [-0.1, -0.05) is 6.92 Å². The van der Waals surface area contributed by atoms with Gasteiger partial charge in [-0.3, -0.25) is 9.82 Å². The summed E-state index contributed by atoms with van der Waals surface area (Å²) < 4.78 is 26.8. The molecule has 0 spiro atoms. The number of carboxylic acids is 1. The number of aromatic amines is 1. The largest absolute Gasteiger partial charge is 0.477 e. The maximum absolute atomic E-state index is 12.2. The predicted octanol–water partition coefficient (Wildman–Crippen LogP) is 1.84. The molecule has 0 aliphatic carbocycles. The van der Waals surface area contributed by atoms with E-state index in [9.17, 15) is 13.2 Å². The molecule has 0 amide bonds. The van der Waals surface area contributed by atoms with E-state index in [0.717, 1.165) is 16.9 Å². The molecule has 0 fully saturated rings. The van der Waals surface area contributed by atoms with Crippen LogP contribution in [0.4, 0.5) is 5.82 Å². The molecule has 0 aliphatic rings. The zero-order valence-corrected chi connectivity index (χ0v) is 12.4. The van der Waals surface area contributed by atoms with Crippen LogP contribution in [-0.2, 0) is 16.4 Å². The number of carbonyl (C=O) groups is 1. The summed E-state index contributed by atoms with van der Waals surface area (Å²) in [5.74, 6) is -0.833. The van der Waals surface area contributed by atoms with E-state index in [1.54, 1.807) is 13.1 Å². The van der Waals surface area contributed by atoms with E-state index in [-0.39, 0.29) is 9.09 Å². The van der Waals surface area contributed by atoms with Gasteiger partial charge in [0.05, 0.1) is 6.20 Å². The highest BCUT2D eigenvalue weighted by atomic mass is 32.2. The third kappa shape index (κ3) is 2.68. The standard InChI is InChI=1S/C11H13N3O4S2/c1-3-7-5-12-13-10(7)14-20(17,18)8-4-6(2)9(19-8)11(15)16/h4-5H,3H2,1-2H3,(H,15,16)(H2,12,13,14). The molecule has 2 aromatic rings. The SMILES string of the molecule is CCc1cn[nH]c1NS(=O)(=O)c1cc(C)c(C(=O)O)s1. The number of aromatic carboxylic acids is 1. The Kier molecular flexibility index (Phi) is 3.82. The Morgan fingerprint density at radius 2 is 2.25 bits per heavy atom. The summed E-state index contributed by atoms with van der Waals surface area (Å²) in [6.45, 7) is 3.44. The maximum atomic E-state index is 12.2. The van der Waals surface area contributed by atoms with Gasteiger partial charge in [0.2, 0.25) is 0 Å². The van der Waals surface area contributed by atoms with Crippen molar-refractivity contribution in [3.8, 4) is 0 Å². The van der Waals surface area contributed by atoms with E-state index >= 15 is 0 Å². The van der Waals surface area contributed by atoms with E-state index in [2.05, 4.69) is 14.9 Å². The topological polar surface area (TPSA) is 112 Å². The van der Waals surface area contributed by atoms with Crippen molar-refractivity contribution >= 4 is 33.1 Å². The molecule has 9 heteroatoms. The van der Waals surface area contributed by atoms with Crippen molar-refractivity contribution in [3.63, 3.8) is 0 Å². The molecule has 2 heterocycles. The normalized spacial score (nSPS) is 11.5. The summed E-state index contributed by atoms with van der Waals surface area (Å²) in [6.07, 6.45) is 2.17. The zero-order valence-electron chi connectivity index (χ0n) is 10.8. The highest BCUT2D eigenvalue weighted by molar-refractivity contribution is 7.94. The van der Waals surface area contributed by atoms with E-state index in [4.69, 9.17) is 5.11 Å². The van der Waals surface area contributed by atoms with Crippen LogP contribution < -0.4 is 4.72 Å². The van der Waals surface area contributed by atoms with Crippen LogP contribution >= 0.6 is 11.3 Å². The Balaban J connectivity index is 2.36. The van der Waals surface area contributed by atoms with E-state index in [0.29, 0.717) is 17.8 Å². The van der Waals surface area contributed by atoms with Gasteiger partial charge in [-0.2, -0.15) is 5.10 Å². The van der Waals surface area contributed by atoms with Crippen molar-refractivity contribution < 1.29 is 18.3 Å². The number of aromatic nitrogens is 2. The first-order chi connectivity index (χ1) is 9.35. The average Bonchev–Trinajstić information content (AvgIpc) is 2.95. The van der Waals surface area contributed by atoms with Crippen molar-refractivity contribution in [3.05, 3.63) is 28.3 Å². The molecule has 0 bridgehead atoms. The first-order valence-corrected chi connectivity index (χ1v) is 8.04. The fraction of sp³-hybridized carbons (Fsp3) is 0.273. The van der Waals surface area contributed by atoms with Gasteiger partial charge in [-0.25, -0.2) is 13.2 Å². The van der Waals surface area contributed by atoms with Crippen molar-refractivity contribution in [1.29, 1.82) is 0 Å². The minimum Gasteiger partial charge on any atom is -0.477 e. The van der Waals surface area contributed by atoms with Crippen LogP contribution in [0.5, 0.6) is 0 Å². The lowest BCUT2D eigenvalue weighted by Crippen LogP contribution is -2.13. The first-order valence-electron chi connectivity index (χ1n) is 5.74. The van der Waals surface area contributed by atoms with E-state index < -0.39 is 16.0 Å². The number of H-pyrrole nitrogens is 1. The van der Waals surface area contributed by atoms with Crippen molar-refractivity contribution in [2.24, 2.45) is 0 Å². The number of rotatable bonds is 5. The Morgan fingerprint density at radius 1 is 1.55 bits per heavy atom. The second-order valence-electron chi connectivity index (χ2n) is 4.11. The van der Waals surface area contributed by atoms with Crippen LogP contribution in [0.15, 0.2) is 16.5 Å². The lowest BCUT2D eigenvalue weighted by atomic mass is 10.3. The molecule has 0 unspecified atom stereocenters.